The maximum absolute atomic E-state index is 11.4. The highest BCUT2D eigenvalue weighted by molar-refractivity contribution is 5.86. The number of nitro benzene ring substituents is 2. The normalized spacial score (nSPS) is 20.9. The highest BCUT2D eigenvalue weighted by Gasteiger charge is 2.48. The lowest BCUT2D eigenvalue weighted by Gasteiger charge is -1.99. The molecule has 1 aliphatic heterocycles. The maximum atomic E-state index is 11.4. The molecule has 100 valence electrons. The minimum Gasteiger partial charge on any atom is -0.356 e. The Bertz CT molecular complexity index is 570. The first-order valence-electron chi connectivity index (χ1n) is 5.56. The van der Waals surface area contributed by atoms with Crippen molar-refractivity contribution in [2.24, 2.45) is 0 Å². The fraction of sp³-hybridized carbons (Fsp3) is 0.364. The van der Waals surface area contributed by atoms with Crippen LogP contribution in [0.25, 0.3) is 0 Å². The number of nitrogens with zero attached hydrogens (tertiary/aromatic N) is 2. The fourth-order valence-electron chi connectivity index (χ4n) is 1.84. The van der Waals surface area contributed by atoms with Crippen molar-refractivity contribution in [2.75, 3.05) is 0 Å². The Balaban J connectivity index is 2.34. The van der Waals surface area contributed by atoms with Crippen molar-refractivity contribution in [2.45, 2.75) is 25.6 Å². The third kappa shape index (κ3) is 2.43. The molecule has 0 aliphatic carbocycles. The van der Waals surface area contributed by atoms with E-state index in [1.165, 1.54) is 6.07 Å². The number of non-ortho nitro benzene ring substituents is 1. The molecule has 1 heterocycles. The summed E-state index contributed by atoms with van der Waals surface area (Å²) >= 11 is 0. The molecule has 1 saturated heterocycles. The number of nitro groups is 2. The first kappa shape index (κ1) is 13.1. The zero-order valence-corrected chi connectivity index (χ0v) is 9.94. The van der Waals surface area contributed by atoms with Gasteiger partial charge in [-0.3, -0.25) is 25.0 Å². The second-order valence-electron chi connectivity index (χ2n) is 4.05. The van der Waals surface area contributed by atoms with Crippen LogP contribution >= 0.6 is 0 Å². The lowest BCUT2D eigenvalue weighted by Crippen LogP contribution is -2.06. The highest BCUT2D eigenvalue weighted by atomic mass is 16.6. The molecular weight excluding hydrogens is 256 g/mol. The molecule has 8 heteroatoms. The van der Waals surface area contributed by atoms with E-state index in [0.717, 1.165) is 12.1 Å². The Kier molecular flexibility index (Phi) is 3.26. The quantitative estimate of drug-likeness (QED) is 0.456. The van der Waals surface area contributed by atoms with Gasteiger partial charge in [-0.15, -0.1) is 0 Å². The van der Waals surface area contributed by atoms with Gasteiger partial charge >= 0.3 is 0 Å². The van der Waals surface area contributed by atoms with Crippen LogP contribution in [0.1, 0.15) is 25.0 Å². The van der Waals surface area contributed by atoms with E-state index in [9.17, 15) is 25.0 Å². The number of hydrogen-bond donors (Lipinski definition) is 0. The number of carbonyl (C=O) groups is 1. The van der Waals surface area contributed by atoms with Crippen LogP contribution in [0.15, 0.2) is 18.2 Å². The average molecular weight is 266 g/mol. The van der Waals surface area contributed by atoms with E-state index in [2.05, 4.69) is 0 Å². The molecule has 8 nitrogen and oxygen atoms in total. The Morgan fingerprint density at radius 2 is 2.00 bits per heavy atom. The molecule has 0 amide bonds. The first-order chi connectivity index (χ1) is 8.95. The second-order valence-corrected chi connectivity index (χ2v) is 4.05. The summed E-state index contributed by atoms with van der Waals surface area (Å²) in [6.45, 7) is 1.67. The average Bonchev–Trinajstić information content (AvgIpc) is 3.17. The number of carbonyl (C=O) groups excluding carboxylic acids is 1. The standard InChI is InChI=1S/C11H10N2O6/c1-2-9(14)11-10(19-11)7-4-3-6(12(15)16)5-8(7)13(17)18/h3-5,10-11H,2H2,1H3/t10-,11-/m1/s1. The van der Waals surface area contributed by atoms with Gasteiger partial charge in [0.2, 0.25) is 0 Å². The minimum absolute atomic E-state index is 0.141. The van der Waals surface area contributed by atoms with Crippen LogP contribution in [0.2, 0.25) is 0 Å². The van der Waals surface area contributed by atoms with Crippen LogP contribution in [-0.2, 0) is 9.53 Å². The molecule has 0 N–H and O–H groups in total. The van der Waals surface area contributed by atoms with E-state index < -0.39 is 27.7 Å². The molecular formula is C11H10N2O6. The topological polar surface area (TPSA) is 116 Å². The molecule has 19 heavy (non-hydrogen) atoms. The van der Waals surface area contributed by atoms with E-state index in [0.29, 0.717) is 0 Å². The summed E-state index contributed by atoms with van der Waals surface area (Å²) in [5.74, 6) is -0.141. The third-order valence-electron chi connectivity index (χ3n) is 2.89. The van der Waals surface area contributed by atoms with Crippen LogP contribution in [0, 0.1) is 20.2 Å². The number of ketones is 1. The number of ether oxygens (including phenoxy) is 1. The summed E-state index contributed by atoms with van der Waals surface area (Å²) in [7, 11) is 0. The van der Waals surface area contributed by atoms with E-state index in [1.54, 1.807) is 6.92 Å². The van der Waals surface area contributed by atoms with Crippen molar-refractivity contribution < 1.29 is 19.4 Å². The van der Waals surface area contributed by atoms with E-state index in [-0.39, 0.29) is 23.5 Å². The number of epoxide rings is 1. The molecule has 1 aromatic carbocycles. The highest BCUT2D eigenvalue weighted by Crippen LogP contribution is 2.44. The second kappa shape index (κ2) is 4.73. The molecule has 1 aromatic rings. The predicted octanol–water partition coefficient (Wildman–Crippen LogP) is 1.92. The monoisotopic (exact) mass is 266 g/mol. The fourth-order valence-corrected chi connectivity index (χ4v) is 1.84. The number of rotatable bonds is 5. The largest absolute Gasteiger partial charge is 0.356 e. The summed E-state index contributed by atoms with van der Waals surface area (Å²) < 4.78 is 5.12. The summed E-state index contributed by atoms with van der Waals surface area (Å²) in [6, 6.07) is 3.31. The van der Waals surface area contributed by atoms with Gasteiger partial charge in [0, 0.05) is 12.5 Å². The van der Waals surface area contributed by atoms with Gasteiger partial charge in [0.05, 0.1) is 21.5 Å². The van der Waals surface area contributed by atoms with Crippen molar-refractivity contribution >= 4 is 17.2 Å². The molecule has 0 spiro atoms. The van der Waals surface area contributed by atoms with Gasteiger partial charge in [-0.2, -0.15) is 0 Å². The zero-order valence-electron chi connectivity index (χ0n) is 9.94. The van der Waals surface area contributed by atoms with Gasteiger partial charge in [0.25, 0.3) is 11.4 Å². The van der Waals surface area contributed by atoms with Crippen LogP contribution in [0.3, 0.4) is 0 Å². The molecule has 0 bridgehead atoms. The molecule has 1 aliphatic rings. The van der Waals surface area contributed by atoms with Crippen LogP contribution in [0.4, 0.5) is 11.4 Å². The zero-order chi connectivity index (χ0) is 14.2. The van der Waals surface area contributed by atoms with Gasteiger partial charge in [-0.05, 0) is 6.07 Å². The SMILES string of the molecule is CCC(=O)[C@H]1O[C@@H]1c1ccc([N+](=O)[O-])cc1[N+](=O)[O-]. The van der Waals surface area contributed by atoms with Crippen molar-refractivity contribution in [3.8, 4) is 0 Å². The molecule has 0 saturated carbocycles. The van der Waals surface area contributed by atoms with Crippen molar-refractivity contribution in [3.63, 3.8) is 0 Å². The Morgan fingerprint density at radius 3 is 2.53 bits per heavy atom. The summed E-state index contributed by atoms with van der Waals surface area (Å²) in [5.41, 5.74) is -0.567. The molecule has 0 radical (unpaired) electrons. The van der Waals surface area contributed by atoms with E-state index in [4.69, 9.17) is 4.74 Å². The lowest BCUT2D eigenvalue weighted by atomic mass is 10.0. The van der Waals surface area contributed by atoms with Crippen LogP contribution in [0.5, 0.6) is 0 Å². The third-order valence-corrected chi connectivity index (χ3v) is 2.89. The number of Topliss-reactive ketones (excluding diaryl/α,β-unsaturated/α-hetero) is 1. The smallest absolute Gasteiger partial charge is 0.282 e. The Hall–Kier alpha value is -2.35. The minimum atomic E-state index is -0.711. The Morgan fingerprint density at radius 1 is 1.32 bits per heavy atom. The van der Waals surface area contributed by atoms with Gasteiger partial charge in [0.15, 0.2) is 5.78 Å². The van der Waals surface area contributed by atoms with Gasteiger partial charge in [-0.1, -0.05) is 6.92 Å². The molecule has 0 aromatic heterocycles. The van der Waals surface area contributed by atoms with Gasteiger partial charge in [-0.25, -0.2) is 0 Å². The molecule has 0 unspecified atom stereocenters. The summed E-state index contributed by atoms with van der Waals surface area (Å²) in [4.78, 5) is 31.5. The maximum Gasteiger partial charge on any atom is 0.282 e. The first-order valence-corrected chi connectivity index (χ1v) is 5.56. The summed E-state index contributed by atoms with van der Waals surface area (Å²) in [5, 5.41) is 21.5. The van der Waals surface area contributed by atoms with Crippen LogP contribution in [-0.4, -0.2) is 21.7 Å². The van der Waals surface area contributed by atoms with Crippen molar-refractivity contribution in [3.05, 3.63) is 44.0 Å². The number of benzene rings is 1. The summed E-state index contributed by atoms with van der Waals surface area (Å²) in [6.07, 6.45) is -1.07. The van der Waals surface area contributed by atoms with Gasteiger partial charge in [0.1, 0.15) is 12.2 Å². The predicted molar refractivity (Wildman–Crippen MR) is 62.7 cm³/mol. The van der Waals surface area contributed by atoms with Gasteiger partial charge < -0.3 is 4.74 Å². The van der Waals surface area contributed by atoms with E-state index in [1.807, 2.05) is 0 Å². The lowest BCUT2D eigenvalue weighted by molar-refractivity contribution is -0.394. The van der Waals surface area contributed by atoms with Crippen molar-refractivity contribution in [1.29, 1.82) is 0 Å². The van der Waals surface area contributed by atoms with Crippen molar-refractivity contribution in [1.82, 2.24) is 0 Å². The molecule has 1 fully saturated rings. The van der Waals surface area contributed by atoms with Crippen LogP contribution < -0.4 is 0 Å². The Labute approximate surface area is 107 Å². The molecule has 2 rings (SSSR count). The molecule has 2 atom stereocenters. The number of hydrogen-bond acceptors (Lipinski definition) is 6. The van der Waals surface area contributed by atoms with E-state index >= 15 is 0 Å².